The summed E-state index contributed by atoms with van der Waals surface area (Å²) in [5.41, 5.74) is -0.889. The van der Waals surface area contributed by atoms with Gasteiger partial charge in [-0.2, -0.15) is 0 Å². The van der Waals surface area contributed by atoms with Crippen LogP contribution in [0.4, 0.5) is 0 Å². The Morgan fingerprint density at radius 3 is 2.89 bits per heavy atom. The molecule has 2 aliphatic rings. The van der Waals surface area contributed by atoms with Crippen molar-refractivity contribution in [1.82, 2.24) is 0 Å². The van der Waals surface area contributed by atoms with Gasteiger partial charge < -0.3 is 14.9 Å². The maximum absolute atomic E-state index is 11.4. The zero-order valence-corrected chi connectivity index (χ0v) is 11.0. The first-order valence-electron chi connectivity index (χ1n) is 6.66. The lowest BCUT2D eigenvalue weighted by Gasteiger charge is -2.30. The Labute approximate surface area is 108 Å². The zero-order valence-electron chi connectivity index (χ0n) is 11.0. The quantitative estimate of drug-likeness (QED) is 0.506. The number of aliphatic hydroxyl groups excluding tert-OH is 1. The third-order valence-corrected chi connectivity index (χ3v) is 4.05. The molecule has 4 nitrogen and oxygen atoms in total. The molecule has 0 bridgehead atoms. The van der Waals surface area contributed by atoms with Crippen molar-refractivity contribution in [1.29, 1.82) is 0 Å². The van der Waals surface area contributed by atoms with Crippen molar-refractivity contribution in [3.05, 3.63) is 12.2 Å². The maximum Gasteiger partial charge on any atom is 0.306 e. The standard InChI is InChI=1S/C14H22O4/c1-9-3-4-10-7-13(16)18-12(10)8-14(2,17)6-5-11(9)15/h3-4,9-12,15,17H,5-8H2,1-2H3/t9-,10-,11+,12-,14+/m1/s1. The minimum absolute atomic E-state index is 0.0247. The molecule has 4 heteroatoms. The smallest absolute Gasteiger partial charge is 0.306 e. The van der Waals surface area contributed by atoms with Gasteiger partial charge in [0, 0.05) is 12.3 Å². The minimum atomic E-state index is -0.889. The van der Waals surface area contributed by atoms with Gasteiger partial charge in [0.2, 0.25) is 0 Å². The van der Waals surface area contributed by atoms with Crippen LogP contribution in [0.1, 0.15) is 39.5 Å². The highest BCUT2D eigenvalue weighted by Gasteiger charge is 2.38. The molecule has 0 unspecified atom stereocenters. The molecule has 1 aliphatic heterocycles. The average Bonchev–Trinajstić information content (AvgIpc) is 2.61. The summed E-state index contributed by atoms with van der Waals surface area (Å²) < 4.78 is 5.28. The largest absolute Gasteiger partial charge is 0.462 e. The Morgan fingerprint density at radius 1 is 1.44 bits per heavy atom. The molecular formula is C14H22O4. The summed E-state index contributed by atoms with van der Waals surface area (Å²) in [5.74, 6) is -0.134. The van der Waals surface area contributed by atoms with Gasteiger partial charge in [0.25, 0.3) is 0 Å². The van der Waals surface area contributed by atoms with Gasteiger partial charge >= 0.3 is 5.97 Å². The first kappa shape index (κ1) is 13.6. The fraction of sp³-hybridized carbons (Fsp3) is 0.786. The number of ether oxygens (including phenoxy) is 1. The van der Waals surface area contributed by atoms with Gasteiger partial charge in [0.1, 0.15) is 6.10 Å². The third-order valence-electron chi connectivity index (χ3n) is 4.05. The van der Waals surface area contributed by atoms with Crippen molar-refractivity contribution >= 4 is 5.97 Å². The van der Waals surface area contributed by atoms with E-state index in [1.807, 2.05) is 19.1 Å². The van der Waals surface area contributed by atoms with Gasteiger partial charge in [-0.3, -0.25) is 4.79 Å². The summed E-state index contributed by atoms with van der Waals surface area (Å²) in [6, 6.07) is 0. The van der Waals surface area contributed by atoms with Crippen molar-refractivity contribution in [3.8, 4) is 0 Å². The Bertz CT molecular complexity index is 348. The van der Waals surface area contributed by atoms with E-state index >= 15 is 0 Å². The molecular weight excluding hydrogens is 232 g/mol. The predicted molar refractivity (Wildman–Crippen MR) is 66.8 cm³/mol. The molecule has 0 amide bonds. The molecule has 0 radical (unpaired) electrons. The monoisotopic (exact) mass is 254 g/mol. The molecule has 0 saturated carbocycles. The zero-order chi connectivity index (χ0) is 13.3. The van der Waals surface area contributed by atoms with E-state index in [2.05, 4.69) is 0 Å². The molecule has 5 atom stereocenters. The molecule has 0 spiro atoms. The number of carbonyl (C=O) groups is 1. The number of rotatable bonds is 0. The fourth-order valence-electron chi connectivity index (χ4n) is 2.72. The van der Waals surface area contributed by atoms with Crippen LogP contribution >= 0.6 is 0 Å². The predicted octanol–water partition coefficient (Wildman–Crippen LogP) is 1.41. The normalized spacial score (nSPS) is 45.4. The Hall–Kier alpha value is -0.870. The molecule has 1 heterocycles. The number of hydrogen-bond donors (Lipinski definition) is 2. The number of fused-ring (bicyclic) bond motifs is 1. The van der Waals surface area contributed by atoms with Gasteiger partial charge in [-0.25, -0.2) is 0 Å². The molecule has 1 aliphatic carbocycles. The summed E-state index contributed by atoms with van der Waals surface area (Å²) >= 11 is 0. The molecule has 18 heavy (non-hydrogen) atoms. The molecule has 102 valence electrons. The average molecular weight is 254 g/mol. The first-order valence-corrected chi connectivity index (χ1v) is 6.66. The van der Waals surface area contributed by atoms with E-state index in [1.165, 1.54) is 0 Å². The van der Waals surface area contributed by atoms with Crippen molar-refractivity contribution < 1.29 is 19.7 Å². The van der Waals surface area contributed by atoms with Gasteiger partial charge in [-0.05, 0) is 25.7 Å². The van der Waals surface area contributed by atoms with Gasteiger partial charge in [0.15, 0.2) is 0 Å². The molecule has 1 fully saturated rings. The van der Waals surface area contributed by atoms with Gasteiger partial charge in [-0.15, -0.1) is 0 Å². The van der Waals surface area contributed by atoms with Crippen molar-refractivity contribution in [2.75, 3.05) is 0 Å². The molecule has 0 aromatic heterocycles. The Morgan fingerprint density at radius 2 is 2.17 bits per heavy atom. The summed E-state index contributed by atoms with van der Waals surface area (Å²) in [6.07, 6.45) is 5.15. The van der Waals surface area contributed by atoms with Crippen LogP contribution in [0.25, 0.3) is 0 Å². The van der Waals surface area contributed by atoms with Crippen LogP contribution in [-0.2, 0) is 9.53 Å². The van der Waals surface area contributed by atoms with Crippen LogP contribution in [0.2, 0.25) is 0 Å². The Kier molecular flexibility index (Phi) is 3.78. The highest BCUT2D eigenvalue weighted by atomic mass is 16.6. The topological polar surface area (TPSA) is 66.8 Å². The molecule has 0 aromatic carbocycles. The minimum Gasteiger partial charge on any atom is -0.462 e. The highest BCUT2D eigenvalue weighted by molar-refractivity contribution is 5.72. The van der Waals surface area contributed by atoms with Crippen LogP contribution in [-0.4, -0.2) is 34.0 Å². The molecule has 1 saturated heterocycles. The van der Waals surface area contributed by atoms with E-state index in [0.717, 1.165) is 0 Å². The number of hydrogen-bond acceptors (Lipinski definition) is 4. The molecule has 2 N–H and O–H groups in total. The van der Waals surface area contributed by atoms with Gasteiger partial charge in [-0.1, -0.05) is 19.1 Å². The van der Waals surface area contributed by atoms with Crippen molar-refractivity contribution in [3.63, 3.8) is 0 Å². The van der Waals surface area contributed by atoms with Crippen LogP contribution in [0.3, 0.4) is 0 Å². The van der Waals surface area contributed by atoms with Gasteiger partial charge in [0.05, 0.1) is 18.1 Å². The summed E-state index contributed by atoms with van der Waals surface area (Å²) in [4.78, 5) is 11.4. The molecule has 2 rings (SSSR count). The number of esters is 1. The lowest BCUT2D eigenvalue weighted by molar-refractivity contribution is -0.143. The van der Waals surface area contributed by atoms with E-state index in [-0.39, 0.29) is 23.9 Å². The molecule has 0 aromatic rings. The van der Waals surface area contributed by atoms with Crippen LogP contribution < -0.4 is 0 Å². The van der Waals surface area contributed by atoms with Crippen LogP contribution in [0, 0.1) is 11.8 Å². The van der Waals surface area contributed by atoms with Crippen molar-refractivity contribution in [2.45, 2.75) is 57.3 Å². The van der Waals surface area contributed by atoms with E-state index in [0.29, 0.717) is 25.7 Å². The summed E-state index contributed by atoms with van der Waals surface area (Å²) in [6.45, 7) is 3.70. The SMILES string of the molecule is C[C@@H]1C=C[C@@H]2CC(=O)O[C@@H]2C[C@@](C)(O)CC[C@@H]1O. The number of aliphatic hydroxyl groups is 2. The lowest BCUT2D eigenvalue weighted by atomic mass is 9.83. The summed E-state index contributed by atoms with van der Waals surface area (Å²) in [5, 5.41) is 20.3. The van der Waals surface area contributed by atoms with E-state index < -0.39 is 11.7 Å². The third kappa shape index (κ3) is 3.12. The van der Waals surface area contributed by atoms with Crippen LogP contribution in [0.5, 0.6) is 0 Å². The second kappa shape index (κ2) is 5.02. The fourth-order valence-corrected chi connectivity index (χ4v) is 2.72. The van der Waals surface area contributed by atoms with E-state index in [4.69, 9.17) is 4.74 Å². The van der Waals surface area contributed by atoms with E-state index in [1.54, 1.807) is 6.92 Å². The van der Waals surface area contributed by atoms with Crippen molar-refractivity contribution in [2.24, 2.45) is 11.8 Å². The second-order valence-corrected chi connectivity index (χ2v) is 5.95. The first-order chi connectivity index (χ1) is 8.37. The van der Waals surface area contributed by atoms with Crippen LogP contribution in [0.15, 0.2) is 12.2 Å². The van der Waals surface area contributed by atoms with E-state index in [9.17, 15) is 15.0 Å². The lowest BCUT2D eigenvalue weighted by Crippen LogP contribution is -2.34. The summed E-state index contributed by atoms with van der Waals surface area (Å²) in [7, 11) is 0. The Balaban J connectivity index is 2.19. The number of carbonyl (C=O) groups excluding carboxylic acids is 1. The second-order valence-electron chi connectivity index (χ2n) is 5.95. The maximum atomic E-state index is 11.4. The highest BCUT2D eigenvalue weighted by Crippen LogP contribution is 2.33.